The Labute approximate surface area is 116 Å². The monoisotopic (exact) mass is 286 g/mol. The molecule has 0 heterocycles. The van der Waals surface area contributed by atoms with E-state index in [4.69, 9.17) is 21.1 Å². The van der Waals surface area contributed by atoms with Crippen LogP contribution < -0.4 is 4.74 Å². The molecule has 1 atom stereocenters. The van der Waals surface area contributed by atoms with Crippen molar-refractivity contribution in [2.75, 3.05) is 13.7 Å². The summed E-state index contributed by atoms with van der Waals surface area (Å²) in [6, 6.07) is 5.04. The first-order chi connectivity index (χ1) is 8.93. The van der Waals surface area contributed by atoms with Crippen molar-refractivity contribution in [1.29, 1.82) is 0 Å². The quantitative estimate of drug-likeness (QED) is 0.776. The first-order valence-corrected chi connectivity index (χ1v) is 5.98. The molecule has 0 amide bonds. The van der Waals surface area contributed by atoms with Gasteiger partial charge in [0.05, 0.1) is 7.11 Å². The predicted molar refractivity (Wildman–Crippen MR) is 69.3 cm³/mol. The highest BCUT2D eigenvalue weighted by atomic mass is 35.5. The molecule has 0 aliphatic rings. The van der Waals surface area contributed by atoms with Gasteiger partial charge in [-0.2, -0.15) is 0 Å². The number of carbonyl (C=O) groups is 2. The number of benzene rings is 1. The van der Waals surface area contributed by atoms with Crippen LogP contribution in [0.25, 0.3) is 0 Å². The van der Waals surface area contributed by atoms with E-state index in [2.05, 4.69) is 4.74 Å². The molecule has 0 aliphatic heterocycles. The Bertz CT molecular complexity index is 472. The van der Waals surface area contributed by atoms with Gasteiger partial charge in [-0.1, -0.05) is 11.6 Å². The molecule has 0 bridgehead atoms. The van der Waals surface area contributed by atoms with Crippen LogP contribution in [-0.2, 0) is 19.1 Å². The van der Waals surface area contributed by atoms with Crippen LogP contribution in [0.2, 0.25) is 5.02 Å². The van der Waals surface area contributed by atoms with Crippen molar-refractivity contribution in [1.82, 2.24) is 0 Å². The number of rotatable bonds is 5. The van der Waals surface area contributed by atoms with Crippen LogP contribution >= 0.6 is 11.6 Å². The molecule has 0 fully saturated rings. The maximum atomic E-state index is 11.4. The third kappa shape index (κ3) is 4.79. The Balaban J connectivity index is 2.48. The number of hydrogen-bond donors (Lipinski definition) is 0. The number of aryl methyl sites for hydroxylation is 1. The van der Waals surface area contributed by atoms with Gasteiger partial charge in [-0.15, -0.1) is 0 Å². The summed E-state index contributed by atoms with van der Waals surface area (Å²) < 4.78 is 14.5. The van der Waals surface area contributed by atoms with Gasteiger partial charge >= 0.3 is 11.9 Å². The number of methoxy groups -OCH3 is 1. The van der Waals surface area contributed by atoms with Gasteiger partial charge in [0.2, 0.25) is 0 Å². The van der Waals surface area contributed by atoms with Crippen molar-refractivity contribution >= 4 is 23.5 Å². The molecular formula is C13H15ClO5. The molecule has 0 aliphatic carbocycles. The van der Waals surface area contributed by atoms with Crippen molar-refractivity contribution < 1.29 is 23.8 Å². The number of halogens is 1. The highest BCUT2D eigenvalue weighted by molar-refractivity contribution is 6.30. The minimum Gasteiger partial charge on any atom is -0.482 e. The van der Waals surface area contributed by atoms with Crippen molar-refractivity contribution in [2.24, 2.45) is 0 Å². The smallest absolute Gasteiger partial charge is 0.346 e. The fourth-order valence-corrected chi connectivity index (χ4v) is 1.58. The second-order valence-corrected chi connectivity index (χ2v) is 4.29. The second kappa shape index (κ2) is 6.99. The van der Waals surface area contributed by atoms with Gasteiger partial charge < -0.3 is 14.2 Å². The number of esters is 2. The van der Waals surface area contributed by atoms with Gasteiger partial charge in [0.1, 0.15) is 5.75 Å². The van der Waals surface area contributed by atoms with Gasteiger partial charge in [0.15, 0.2) is 12.7 Å². The normalized spacial score (nSPS) is 11.6. The van der Waals surface area contributed by atoms with E-state index in [1.807, 2.05) is 6.92 Å². The first-order valence-electron chi connectivity index (χ1n) is 5.60. The minimum atomic E-state index is -0.951. The van der Waals surface area contributed by atoms with Crippen LogP contribution in [0.15, 0.2) is 18.2 Å². The van der Waals surface area contributed by atoms with E-state index >= 15 is 0 Å². The third-order valence-electron chi connectivity index (χ3n) is 2.32. The largest absolute Gasteiger partial charge is 0.482 e. The Morgan fingerprint density at radius 2 is 2.05 bits per heavy atom. The Kier molecular flexibility index (Phi) is 5.63. The molecule has 0 radical (unpaired) electrons. The Hall–Kier alpha value is -1.75. The molecule has 0 saturated carbocycles. The summed E-state index contributed by atoms with van der Waals surface area (Å²) >= 11 is 5.80. The summed E-state index contributed by atoms with van der Waals surface area (Å²) in [5.41, 5.74) is 0.807. The molecule has 5 nitrogen and oxygen atoms in total. The SMILES string of the molecule is COC(=O)[C@H](C)OC(=O)COc1ccc(Cl)cc1C. The average molecular weight is 287 g/mol. The molecule has 19 heavy (non-hydrogen) atoms. The zero-order valence-electron chi connectivity index (χ0n) is 10.9. The van der Waals surface area contributed by atoms with E-state index in [1.54, 1.807) is 18.2 Å². The average Bonchev–Trinajstić information content (AvgIpc) is 2.36. The highest BCUT2D eigenvalue weighted by Gasteiger charge is 2.18. The molecule has 1 aromatic carbocycles. The number of carbonyl (C=O) groups excluding carboxylic acids is 2. The Morgan fingerprint density at radius 3 is 2.63 bits per heavy atom. The van der Waals surface area contributed by atoms with Crippen molar-refractivity contribution in [3.8, 4) is 5.75 Å². The van der Waals surface area contributed by atoms with Crippen LogP contribution in [0, 0.1) is 6.92 Å². The first kappa shape index (κ1) is 15.3. The number of hydrogen-bond acceptors (Lipinski definition) is 5. The van der Waals surface area contributed by atoms with Crippen LogP contribution in [0.5, 0.6) is 5.75 Å². The molecule has 0 N–H and O–H groups in total. The van der Waals surface area contributed by atoms with Crippen molar-refractivity contribution in [2.45, 2.75) is 20.0 Å². The summed E-state index contributed by atoms with van der Waals surface area (Å²) in [5.74, 6) is -0.727. The van der Waals surface area contributed by atoms with Gasteiger partial charge in [-0.05, 0) is 37.6 Å². The lowest BCUT2D eigenvalue weighted by atomic mass is 10.2. The lowest BCUT2D eigenvalue weighted by Gasteiger charge is -2.12. The van der Waals surface area contributed by atoms with Gasteiger partial charge in [-0.3, -0.25) is 0 Å². The molecule has 1 rings (SSSR count). The minimum absolute atomic E-state index is 0.288. The van der Waals surface area contributed by atoms with Gasteiger partial charge in [-0.25, -0.2) is 9.59 Å². The summed E-state index contributed by atoms with van der Waals surface area (Å²) in [6.07, 6.45) is -0.951. The van der Waals surface area contributed by atoms with Crippen LogP contribution in [0.1, 0.15) is 12.5 Å². The lowest BCUT2D eigenvalue weighted by Crippen LogP contribution is -2.28. The van der Waals surface area contributed by atoms with E-state index in [0.29, 0.717) is 10.8 Å². The third-order valence-corrected chi connectivity index (χ3v) is 2.56. The molecular weight excluding hydrogens is 272 g/mol. The lowest BCUT2D eigenvalue weighted by molar-refractivity contribution is -0.165. The van der Waals surface area contributed by atoms with Gasteiger partial charge in [0, 0.05) is 5.02 Å². The fourth-order valence-electron chi connectivity index (χ4n) is 1.36. The van der Waals surface area contributed by atoms with Crippen molar-refractivity contribution in [3.63, 3.8) is 0 Å². The summed E-state index contributed by atoms with van der Waals surface area (Å²) in [6.45, 7) is 2.95. The molecule has 104 valence electrons. The second-order valence-electron chi connectivity index (χ2n) is 3.85. The zero-order chi connectivity index (χ0) is 14.4. The highest BCUT2D eigenvalue weighted by Crippen LogP contribution is 2.21. The zero-order valence-corrected chi connectivity index (χ0v) is 11.7. The molecule has 1 aromatic rings. The van der Waals surface area contributed by atoms with Crippen molar-refractivity contribution in [3.05, 3.63) is 28.8 Å². The van der Waals surface area contributed by atoms with E-state index < -0.39 is 18.0 Å². The summed E-state index contributed by atoms with van der Waals surface area (Å²) in [4.78, 5) is 22.5. The van der Waals surface area contributed by atoms with Crippen LogP contribution in [0.4, 0.5) is 0 Å². The molecule has 6 heteroatoms. The fraction of sp³-hybridized carbons (Fsp3) is 0.385. The van der Waals surface area contributed by atoms with E-state index in [9.17, 15) is 9.59 Å². The van der Waals surface area contributed by atoms with E-state index in [0.717, 1.165) is 5.56 Å². The van der Waals surface area contributed by atoms with E-state index in [-0.39, 0.29) is 6.61 Å². The molecule has 0 spiro atoms. The van der Waals surface area contributed by atoms with Crippen LogP contribution in [-0.4, -0.2) is 31.8 Å². The molecule has 0 unspecified atom stereocenters. The van der Waals surface area contributed by atoms with Gasteiger partial charge in [0.25, 0.3) is 0 Å². The maximum absolute atomic E-state index is 11.4. The Morgan fingerprint density at radius 1 is 1.37 bits per heavy atom. The topological polar surface area (TPSA) is 61.8 Å². The standard InChI is InChI=1S/C13H15ClO5/c1-8-6-10(14)4-5-11(8)18-7-12(15)19-9(2)13(16)17-3/h4-6,9H,7H2,1-3H3/t9-/m0/s1. The number of ether oxygens (including phenoxy) is 3. The van der Waals surface area contributed by atoms with Crippen LogP contribution in [0.3, 0.4) is 0 Å². The van der Waals surface area contributed by atoms with E-state index in [1.165, 1.54) is 14.0 Å². The predicted octanol–water partition coefficient (Wildman–Crippen LogP) is 2.13. The summed E-state index contributed by atoms with van der Waals surface area (Å²) in [7, 11) is 1.22. The summed E-state index contributed by atoms with van der Waals surface area (Å²) in [5, 5.41) is 0.590. The maximum Gasteiger partial charge on any atom is 0.346 e. The molecule has 0 aromatic heterocycles. The molecule has 0 saturated heterocycles.